The van der Waals surface area contributed by atoms with Crippen LogP contribution in [-0.2, 0) is 4.79 Å². The molecular formula is C13H18N2O2. The highest BCUT2D eigenvalue weighted by Crippen LogP contribution is 2.23. The van der Waals surface area contributed by atoms with Gasteiger partial charge >= 0.3 is 5.97 Å². The van der Waals surface area contributed by atoms with Gasteiger partial charge in [0.2, 0.25) is 0 Å². The number of carbonyl (C=O) groups is 1. The van der Waals surface area contributed by atoms with E-state index >= 15 is 0 Å². The molecule has 0 aliphatic carbocycles. The van der Waals surface area contributed by atoms with E-state index in [9.17, 15) is 9.90 Å². The quantitative estimate of drug-likeness (QED) is 0.819. The molecule has 0 amide bonds. The Bertz CT molecular complexity index is 374. The molecule has 1 fully saturated rings. The fourth-order valence-electron chi connectivity index (χ4n) is 2.39. The zero-order valence-electron chi connectivity index (χ0n) is 9.97. The molecule has 0 spiro atoms. The standard InChI is InChI=1S/C13H18N2O2/c1-15(11-7-8-14-9-11)12(13(16)17)10-5-3-2-4-6-10/h2-6,11-12,14H,7-9H2,1H3,(H,16,17)/t11?,12-/m1/s1. The molecule has 4 nitrogen and oxygen atoms in total. The van der Waals surface area contributed by atoms with Gasteiger partial charge in [-0.25, -0.2) is 0 Å². The number of hydrogen-bond acceptors (Lipinski definition) is 3. The maximum Gasteiger partial charge on any atom is 0.325 e. The van der Waals surface area contributed by atoms with Gasteiger partial charge in [0.05, 0.1) is 0 Å². The Morgan fingerprint density at radius 3 is 2.71 bits per heavy atom. The minimum Gasteiger partial charge on any atom is -0.480 e. The van der Waals surface area contributed by atoms with Crippen LogP contribution >= 0.6 is 0 Å². The van der Waals surface area contributed by atoms with Crippen molar-refractivity contribution in [3.8, 4) is 0 Å². The number of hydrogen-bond donors (Lipinski definition) is 2. The summed E-state index contributed by atoms with van der Waals surface area (Å²) in [6.45, 7) is 1.84. The van der Waals surface area contributed by atoms with Crippen LogP contribution in [-0.4, -0.2) is 42.2 Å². The molecule has 2 N–H and O–H groups in total. The predicted octanol–water partition coefficient (Wildman–Crippen LogP) is 1.11. The summed E-state index contributed by atoms with van der Waals surface area (Å²) in [5.41, 5.74) is 0.842. The number of carboxylic acid groups (broad SMARTS) is 1. The lowest BCUT2D eigenvalue weighted by Crippen LogP contribution is -2.40. The third-order valence-electron chi connectivity index (χ3n) is 3.37. The van der Waals surface area contributed by atoms with Crippen LogP contribution in [0.3, 0.4) is 0 Å². The smallest absolute Gasteiger partial charge is 0.325 e. The Balaban J connectivity index is 2.20. The summed E-state index contributed by atoms with van der Waals surface area (Å²) < 4.78 is 0. The Labute approximate surface area is 101 Å². The fourth-order valence-corrected chi connectivity index (χ4v) is 2.39. The van der Waals surface area contributed by atoms with Crippen molar-refractivity contribution in [2.45, 2.75) is 18.5 Å². The lowest BCUT2D eigenvalue weighted by atomic mass is 10.0. The molecule has 1 aromatic carbocycles. The highest BCUT2D eigenvalue weighted by atomic mass is 16.4. The summed E-state index contributed by atoms with van der Waals surface area (Å²) in [7, 11) is 1.89. The molecule has 2 rings (SSSR count). The average molecular weight is 234 g/mol. The first-order valence-electron chi connectivity index (χ1n) is 5.90. The molecule has 1 aliphatic heterocycles. The second kappa shape index (κ2) is 5.29. The summed E-state index contributed by atoms with van der Waals surface area (Å²) in [6.07, 6.45) is 1.01. The van der Waals surface area contributed by atoms with Crippen LogP contribution < -0.4 is 5.32 Å². The topological polar surface area (TPSA) is 52.6 Å². The summed E-state index contributed by atoms with van der Waals surface area (Å²) in [5.74, 6) is -0.786. The molecule has 0 saturated carbocycles. The van der Waals surface area contributed by atoms with Crippen LogP contribution in [0.4, 0.5) is 0 Å². The molecule has 0 aromatic heterocycles. The fraction of sp³-hybridized carbons (Fsp3) is 0.462. The van der Waals surface area contributed by atoms with Crippen LogP contribution in [0, 0.1) is 0 Å². The first-order valence-corrected chi connectivity index (χ1v) is 5.90. The summed E-state index contributed by atoms with van der Waals surface area (Å²) in [4.78, 5) is 13.4. The molecule has 1 saturated heterocycles. The largest absolute Gasteiger partial charge is 0.480 e. The number of benzene rings is 1. The molecule has 2 atom stereocenters. The number of nitrogens with one attached hydrogen (secondary N) is 1. The van der Waals surface area contributed by atoms with E-state index in [1.54, 1.807) is 0 Å². The molecule has 1 heterocycles. The van der Waals surface area contributed by atoms with Crippen LogP contribution in [0.25, 0.3) is 0 Å². The molecular weight excluding hydrogens is 216 g/mol. The van der Waals surface area contributed by atoms with E-state index in [4.69, 9.17) is 0 Å². The van der Waals surface area contributed by atoms with Crippen molar-refractivity contribution < 1.29 is 9.90 Å². The first kappa shape index (κ1) is 12.1. The van der Waals surface area contributed by atoms with Gasteiger partial charge in [-0.05, 0) is 25.6 Å². The first-order chi connectivity index (χ1) is 8.20. The minimum absolute atomic E-state index is 0.302. The molecule has 1 aliphatic rings. The van der Waals surface area contributed by atoms with Crippen molar-refractivity contribution in [3.05, 3.63) is 35.9 Å². The van der Waals surface area contributed by atoms with E-state index in [0.29, 0.717) is 6.04 Å². The Kier molecular flexibility index (Phi) is 3.76. The third kappa shape index (κ3) is 2.65. The molecule has 0 bridgehead atoms. The minimum atomic E-state index is -0.786. The SMILES string of the molecule is CN(C1CCNC1)[C@@H](C(=O)O)c1ccccc1. The summed E-state index contributed by atoms with van der Waals surface area (Å²) in [6, 6.07) is 9.16. The van der Waals surface area contributed by atoms with Gasteiger partial charge in [-0.1, -0.05) is 30.3 Å². The van der Waals surface area contributed by atoms with Crippen molar-refractivity contribution in [2.75, 3.05) is 20.1 Å². The highest BCUT2D eigenvalue weighted by molar-refractivity contribution is 5.75. The molecule has 92 valence electrons. The van der Waals surface area contributed by atoms with E-state index in [2.05, 4.69) is 5.32 Å². The van der Waals surface area contributed by atoms with E-state index < -0.39 is 12.0 Å². The monoisotopic (exact) mass is 234 g/mol. The number of carboxylic acids is 1. The van der Waals surface area contributed by atoms with Crippen molar-refractivity contribution in [1.82, 2.24) is 10.2 Å². The second-order valence-corrected chi connectivity index (χ2v) is 4.46. The van der Waals surface area contributed by atoms with E-state index in [-0.39, 0.29) is 0 Å². The predicted molar refractivity (Wildman–Crippen MR) is 65.9 cm³/mol. The highest BCUT2D eigenvalue weighted by Gasteiger charge is 2.31. The second-order valence-electron chi connectivity index (χ2n) is 4.46. The lowest BCUT2D eigenvalue weighted by molar-refractivity contribution is -0.143. The molecule has 1 unspecified atom stereocenters. The maximum atomic E-state index is 11.4. The molecule has 17 heavy (non-hydrogen) atoms. The van der Waals surface area contributed by atoms with Crippen LogP contribution in [0.1, 0.15) is 18.0 Å². The van der Waals surface area contributed by atoms with Gasteiger partial charge in [0.1, 0.15) is 6.04 Å². The molecule has 0 radical (unpaired) electrons. The Hall–Kier alpha value is -1.39. The number of likely N-dealkylation sites (N-methyl/N-ethyl adjacent to an activating group) is 1. The van der Waals surface area contributed by atoms with Gasteiger partial charge in [-0.2, -0.15) is 0 Å². The van der Waals surface area contributed by atoms with Crippen molar-refractivity contribution in [2.24, 2.45) is 0 Å². The van der Waals surface area contributed by atoms with E-state index in [1.807, 2.05) is 42.3 Å². The van der Waals surface area contributed by atoms with Crippen molar-refractivity contribution in [1.29, 1.82) is 0 Å². The normalized spacial score (nSPS) is 21.6. The Morgan fingerprint density at radius 2 is 2.18 bits per heavy atom. The van der Waals surface area contributed by atoms with Gasteiger partial charge in [-0.3, -0.25) is 9.69 Å². The van der Waals surface area contributed by atoms with E-state index in [1.165, 1.54) is 0 Å². The van der Waals surface area contributed by atoms with E-state index in [0.717, 1.165) is 25.1 Å². The number of nitrogens with zero attached hydrogens (tertiary/aromatic N) is 1. The zero-order valence-corrected chi connectivity index (χ0v) is 9.97. The van der Waals surface area contributed by atoms with Gasteiger partial charge in [0.25, 0.3) is 0 Å². The van der Waals surface area contributed by atoms with Gasteiger partial charge in [0, 0.05) is 12.6 Å². The summed E-state index contributed by atoms with van der Waals surface area (Å²) >= 11 is 0. The summed E-state index contributed by atoms with van der Waals surface area (Å²) in [5, 5.41) is 12.7. The molecule has 4 heteroatoms. The Morgan fingerprint density at radius 1 is 1.47 bits per heavy atom. The molecule has 1 aromatic rings. The van der Waals surface area contributed by atoms with Crippen LogP contribution in [0.5, 0.6) is 0 Å². The van der Waals surface area contributed by atoms with Crippen molar-refractivity contribution in [3.63, 3.8) is 0 Å². The van der Waals surface area contributed by atoms with Gasteiger partial charge < -0.3 is 10.4 Å². The van der Waals surface area contributed by atoms with Gasteiger partial charge in [0.15, 0.2) is 0 Å². The maximum absolute atomic E-state index is 11.4. The van der Waals surface area contributed by atoms with Gasteiger partial charge in [-0.15, -0.1) is 0 Å². The number of aliphatic carboxylic acids is 1. The van der Waals surface area contributed by atoms with Crippen LogP contribution in [0.15, 0.2) is 30.3 Å². The van der Waals surface area contributed by atoms with Crippen molar-refractivity contribution >= 4 is 5.97 Å². The average Bonchev–Trinajstić information content (AvgIpc) is 2.83. The zero-order chi connectivity index (χ0) is 12.3. The third-order valence-corrected chi connectivity index (χ3v) is 3.37. The van der Waals surface area contributed by atoms with Crippen LogP contribution in [0.2, 0.25) is 0 Å². The number of rotatable bonds is 4. The lowest BCUT2D eigenvalue weighted by Gasteiger charge is -2.30.